The highest BCUT2D eigenvalue weighted by Crippen LogP contribution is 2.12. The first-order chi connectivity index (χ1) is 8.42. The van der Waals surface area contributed by atoms with Crippen molar-refractivity contribution in [3.8, 4) is 0 Å². The first-order valence-corrected chi connectivity index (χ1v) is 6.84. The van der Waals surface area contributed by atoms with Gasteiger partial charge in [0.15, 0.2) is 0 Å². The van der Waals surface area contributed by atoms with E-state index in [0.717, 1.165) is 19.6 Å². The van der Waals surface area contributed by atoms with E-state index < -0.39 is 0 Å². The van der Waals surface area contributed by atoms with Crippen molar-refractivity contribution in [3.63, 3.8) is 0 Å². The highest BCUT2D eigenvalue weighted by molar-refractivity contribution is 5.26. The average molecular weight is 249 g/mol. The van der Waals surface area contributed by atoms with E-state index in [2.05, 4.69) is 64.2 Å². The molecule has 1 unspecified atom stereocenters. The van der Waals surface area contributed by atoms with Crippen molar-refractivity contribution in [1.29, 1.82) is 0 Å². The third kappa shape index (κ3) is 5.65. The van der Waals surface area contributed by atoms with Crippen LogP contribution < -0.4 is 5.32 Å². The summed E-state index contributed by atoms with van der Waals surface area (Å²) >= 11 is 0. The van der Waals surface area contributed by atoms with Crippen LogP contribution in [0.15, 0.2) is 24.3 Å². The number of nitrogens with one attached hydrogen (secondary N) is 1. The number of ether oxygens (including phenoxy) is 1. The van der Waals surface area contributed by atoms with Crippen LogP contribution in [-0.2, 0) is 11.2 Å². The number of likely N-dealkylation sites (N-methyl/N-ethyl adjacent to an activating group) is 1. The van der Waals surface area contributed by atoms with E-state index in [0.29, 0.717) is 6.04 Å². The van der Waals surface area contributed by atoms with Gasteiger partial charge in [0.25, 0.3) is 0 Å². The van der Waals surface area contributed by atoms with Gasteiger partial charge in [0, 0.05) is 6.04 Å². The maximum atomic E-state index is 5.89. The maximum Gasteiger partial charge on any atom is 0.0629 e. The summed E-state index contributed by atoms with van der Waals surface area (Å²) in [7, 11) is 0. The van der Waals surface area contributed by atoms with Crippen LogP contribution in [-0.4, -0.2) is 24.8 Å². The highest BCUT2D eigenvalue weighted by Gasteiger charge is 2.15. The van der Waals surface area contributed by atoms with Crippen molar-refractivity contribution in [2.75, 3.05) is 13.2 Å². The summed E-state index contributed by atoms with van der Waals surface area (Å²) in [6.07, 6.45) is 1.02. The Morgan fingerprint density at radius 3 is 2.44 bits per heavy atom. The zero-order valence-electron chi connectivity index (χ0n) is 12.4. The molecule has 2 heteroatoms. The molecular weight excluding hydrogens is 222 g/mol. The molecule has 1 atom stereocenters. The fourth-order valence-electron chi connectivity index (χ4n) is 1.93. The van der Waals surface area contributed by atoms with E-state index in [1.165, 1.54) is 11.1 Å². The minimum atomic E-state index is -0.0700. The summed E-state index contributed by atoms with van der Waals surface area (Å²) in [5, 5.41) is 3.51. The Morgan fingerprint density at radius 1 is 1.22 bits per heavy atom. The Morgan fingerprint density at radius 2 is 1.89 bits per heavy atom. The fraction of sp³-hybridized carbons (Fsp3) is 0.625. The predicted molar refractivity (Wildman–Crippen MR) is 78.1 cm³/mol. The van der Waals surface area contributed by atoms with Crippen molar-refractivity contribution < 1.29 is 4.74 Å². The summed E-state index contributed by atoms with van der Waals surface area (Å²) < 4.78 is 5.89. The van der Waals surface area contributed by atoms with Crippen LogP contribution in [0.1, 0.15) is 38.8 Å². The maximum absolute atomic E-state index is 5.89. The van der Waals surface area contributed by atoms with E-state index in [4.69, 9.17) is 4.74 Å². The third-order valence-electron chi connectivity index (χ3n) is 2.94. The van der Waals surface area contributed by atoms with Gasteiger partial charge in [0.05, 0.1) is 12.2 Å². The first kappa shape index (κ1) is 15.2. The smallest absolute Gasteiger partial charge is 0.0629 e. The molecule has 0 heterocycles. The monoisotopic (exact) mass is 249 g/mol. The van der Waals surface area contributed by atoms with Gasteiger partial charge >= 0.3 is 0 Å². The number of hydrogen-bond donors (Lipinski definition) is 1. The number of benzene rings is 1. The van der Waals surface area contributed by atoms with Crippen molar-refractivity contribution in [2.45, 2.75) is 52.7 Å². The Bertz CT molecular complexity index is 354. The molecule has 0 aliphatic rings. The lowest BCUT2D eigenvalue weighted by Crippen LogP contribution is -2.38. The van der Waals surface area contributed by atoms with E-state index in [1.807, 2.05) is 0 Å². The molecular formula is C16H27NO. The molecule has 0 amide bonds. The molecule has 18 heavy (non-hydrogen) atoms. The average Bonchev–Trinajstić information content (AvgIpc) is 2.28. The Balaban J connectivity index is 2.60. The Kier molecular flexibility index (Phi) is 5.83. The molecule has 0 saturated heterocycles. The van der Waals surface area contributed by atoms with E-state index >= 15 is 0 Å². The van der Waals surface area contributed by atoms with E-state index in [1.54, 1.807) is 0 Å². The second kappa shape index (κ2) is 6.91. The molecule has 0 fully saturated rings. The zero-order chi connectivity index (χ0) is 13.6. The minimum Gasteiger partial charge on any atom is -0.374 e. The van der Waals surface area contributed by atoms with Crippen LogP contribution in [0.25, 0.3) is 0 Å². The molecule has 0 bridgehead atoms. The third-order valence-corrected chi connectivity index (χ3v) is 2.94. The summed E-state index contributed by atoms with van der Waals surface area (Å²) in [5.41, 5.74) is 2.69. The van der Waals surface area contributed by atoms with Gasteiger partial charge < -0.3 is 10.1 Å². The lowest BCUT2D eigenvalue weighted by molar-refractivity contribution is -0.0141. The SMILES string of the molecule is CCNC(COC(C)(C)C)Cc1ccccc1C. The van der Waals surface area contributed by atoms with Crippen molar-refractivity contribution in [1.82, 2.24) is 5.32 Å². The van der Waals surface area contributed by atoms with Gasteiger partial charge in [-0.3, -0.25) is 0 Å². The molecule has 0 aromatic heterocycles. The molecule has 0 aliphatic carbocycles. The lowest BCUT2D eigenvalue weighted by atomic mass is 10.0. The topological polar surface area (TPSA) is 21.3 Å². The van der Waals surface area contributed by atoms with Crippen molar-refractivity contribution in [3.05, 3.63) is 35.4 Å². The quantitative estimate of drug-likeness (QED) is 0.835. The molecule has 1 N–H and O–H groups in total. The Hall–Kier alpha value is -0.860. The molecule has 0 radical (unpaired) electrons. The molecule has 1 aromatic carbocycles. The van der Waals surface area contributed by atoms with Crippen LogP contribution in [0.4, 0.5) is 0 Å². The molecule has 0 saturated carbocycles. The van der Waals surface area contributed by atoms with Gasteiger partial charge in [-0.2, -0.15) is 0 Å². The van der Waals surface area contributed by atoms with Crippen LogP contribution in [0.2, 0.25) is 0 Å². The van der Waals surface area contributed by atoms with Gasteiger partial charge in [0.2, 0.25) is 0 Å². The summed E-state index contributed by atoms with van der Waals surface area (Å²) in [5.74, 6) is 0. The van der Waals surface area contributed by atoms with Crippen molar-refractivity contribution >= 4 is 0 Å². The standard InChI is InChI=1S/C16H27NO/c1-6-17-15(12-18-16(3,4)5)11-14-10-8-7-9-13(14)2/h7-10,15,17H,6,11-12H2,1-5H3. The number of aryl methyl sites for hydroxylation is 1. The molecule has 1 aromatic rings. The van der Waals surface area contributed by atoms with Crippen molar-refractivity contribution in [2.24, 2.45) is 0 Å². The van der Waals surface area contributed by atoms with Gasteiger partial charge in [-0.1, -0.05) is 31.2 Å². The van der Waals surface area contributed by atoms with Gasteiger partial charge in [0.1, 0.15) is 0 Å². The minimum absolute atomic E-state index is 0.0700. The van der Waals surface area contributed by atoms with Gasteiger partial charge in [-0.05, 0) is 51.8 Å². The molecule has 2 nitrogen and oxygen atoms in total. The van der Waals surface area contributed by atoms with Crippen LogP contribution in [0.3, 0.4) is 0 Å². The first-order valence-electron chi connectivity index (χ1n) is 6.84. The summed E-state index contributed by atoms with van der Waals surface area (Å²) in [6, 6.07) is 8.96. The number of hydrogen-bond acceptors (Lipinski definition) is 2. The predicted octanol–water partition coefficient (Wildman–Crippen LogP) is 3.33. The van der Waals surface area contributed by atoms with Gasteiger partial charge in [-0.25, -0.2) is 0 Å². The molecule has 102 valence electrons. The second-order valence-electron chi connectivity index (χ2n) is 5.81. The molecule has 1 rings (SSSR count). The van der Waals surface area contributed by atoms with Crippen LogP contribution in [0.5, 0.6) is 0 Å². The molecule has 0 aliphatic heterocycles. The molecule has 0 spiro atoms. The number of rotatable bonds is 6. The Labute approximate surface area is 112 Å². The summed E-state index contributed by atoms with van der Waals surface area (Å²) in [4.78, 5) is 0. The second-order valence-corrected chi connectivity index (χ2v) is 5.81. The highest BCUT2D eigenvalue weighted by atomic mass is 16.5. The van der Waals surface area contributed by atoms with Crippen LogP contribution >= 0.6 is 0 Å². The normalized spacial score (nSPS) is 13.6. The lowest BCUT2D eigenvalue weighted by Gasteiger charge is -2.25. The van der Waals surface area contributed by atoms with Crippen LogP contribution in [0, 0.1) is 6.92 Å². The fourth-order valence-corrected chi connectivity index (χ4v) is 1.93. The van der Waals surface area contributed by atoms with Gasteiger partial charge in [-0.15, -0.1) is 0 Å². The van der Waals surface area contributed by atoms with E-state index in [-0.39, 0.29) is 5.60 Å². The zero-order valence-corrected chi connectivity index (χ0v) is 12.4. The van der Waals surface area contributed by atoms with E-state index in [9.17, 15) is 0 Å². The largest absolute Gasteiger partial charge is 0.374 e. The summed E-state index contributed by atoms with van der Waals surface area (Å²) in [6.45, 7) is 12.3.